The van der Waals surface area contributed by atoms with Crippen molar-refractivity contribution in [3.8, 4) is 17.0 Å². The molecular weight excluding hydrogens is 460 g/mol. The van der Waals surface area contributed by atoms with Crippen molar-refractivity contribution in [1.29, 1.82) is 0 Å². The number of sulfonamides is 1. The van der Waals surface area contributed by atoms with Crippen molar-refractivity contribution < 1.29 is 13.2 Å². The molecule has 0 bridgehead atoms. The van der Waals surface area contributed by atoms with Gasteiger partial charge in [-0.3, -0.25) is 0 Å². The lowest BCUT2D eigenvalue weighted by atomic mass is 10.1. The minimum atomic E-state index is -3.61. The van der Waals surface area contributed by atoms with Gasteiger partial charge in [0.15, 0.2) is 5.82 Å². The summed E-state index contributed by atoms with van der Waals surface area (Å²) >= 11 is 5.95. The van der Waals surface area contributed by atoms with Crippen molar-refractivity contribution in [2.45, 2.75) is 25.7 Å². The smallest absolute Gasteiger partial charge is 0.243 e. The molecule has 2 aromatic carbocycles. The molecule has 0 spiro atoms. The van der Waals surface area contributed by atoms with E-state index in [1.807, 2.05) is 57.2 Å². The van der Waals surface area contributed by atoms with Crippen LogP contribution in [-0.2, 0) is 10.0 Å². The summed E-state index contributed by atoms with van der Waals surface area (Å²) < 4.78 is 33.8. The molecule has 33 heavy (non-hydrogen) atoms. The van der Waals surface area contributed by atoms with Gasteiger partial charge >= 0.3 is 0 Å². The van der Waals surface area contributed by atoms with E-state index in [0.717, 1.165) is 39.5 Å². The largest absolute Gasteiger partial charge is 0.496 e. The summed E-state index contributed by atoms with van der Waals surface area (Å²) in [4.78, 5) is 2.40. The minimum Gasteiger partial charge on any atom is -0.496 e. The van der Waals surface area contributed by atoms with Gasteiger partial charge in [0, 0.05) is 36.8 Å². The highest BCUT2D eigenvalue weighted by Gasteiger charge is 2.31. The van der Waals surface area contributed by atoms with Gasteiger partial charge in [-0.2, -0.15) is 4.31 Å². The topological polar surface area (TPSA) is 75.6 Å². The maximum Gasteiger partial charge on any atom is 0.243 e. The quantitative estimate of drug-likeness (QED) is 0.537. The predicted octanol–water partition coefficient (Wildman–Crippen LogP) is 4.24. The van der Waals surface area contributed by atoms with E-state index in [2.05, 4.69) is 15.1 Å². The number of aryl methyl sites for hydroxylation is 1. The zero-order chi connectivity index (χ0) is 23.8. The highest BCUT2D eigenvalue weighted by atomic mass is 35.5. The van der Waals surface area contributed by atoms with Crippen molar-refractivity contribution in [2.24, 2.45) is 0 Å². The standard InChI is InChI=1S/C24H27ClN4O3S/c1-16-15-22(17(2)18(3)24(16)32-4)33(30,31)29-13-11-28(12-14-29)23-10-9-21(26-27-23)19-5-7-20(25)8-6-19/h5-10,15H,11-14H2,1-4H3. The Morgan fingerprint density at radius 2 is 1.58 bits per heavy atom. The average molecular weight is 487 g/mol. The first-order chi connectivity index (χ1) is 15.7. The Hall–Kier alpha value is -2.68. The average Bonchev–Trinajstić information content (AvgIpc) is 2.82. The predicted molar refractivity (Wildman–Crippen MR) is 131 cm³/mol. The maximum atomic E-state index is 13.4. The minimum absolute atomic E-state index is 0.346. The van der Waals surface area contributed by atoms with Crippen LogP contribution in [0, 0.1) is 20.8 Å². The van der Waals surface area contributed by atoms with E-state index in [1.165, 1.54) is 0 Å². The van der Waals surface area contributed by atoms with Gasteiger partial charge in [0.05, 0.1) is 17.7 Å². The zero-order valence-corrected chi connectivity index (χ0v) is 20.7. The molecule has 1 aliphatic heterocycles. The molecule has 1 saturated heterocycles. The van der Waals surface area contributed by atoms with Crippen LogP contribution in [0.15, 0.2) is 47.4 Å². The number of hydrogen-bond acceptors (Lipinski definition) is 6. The van der Waals surface area contributed by atoms with Gasteiger partial charge in [-0.15, -0.1) is 10.2 Å². The Labute approximate surface area is 200 Å². The van der Waals surface area contributed by atoms with Gasteiger partial charge in [-0.25, -0.2) is 8.42 Å². The highest BCUT2D eigenvalue weighted by molar-refractivity contribution is 7.89. The van der Waals surface area contributed by atoms with Crippen LogP contribution in [-0.4, -0.2) is 56.2 Å². The molecule has 0 aliphatic carbocycles. The molecule has 2 heterocycles. The Balaban J connectivity index is 1.48. The fourth-order valence-corrected chi connectivity index (χ4v) is 6.08. The summed E-state index contributed by atoms with van der Waals surface area (Å²) in [6.07, 6.45) is 0. The maximum absolute atomic E-state index is 13.4. The van der Waals surface area contributed by atoms with Gasteiger partial charge in [-0.1, -0.05) is 23.7 Å². The number of halogens is 1. The molecule has 1 aromatic heterocycles. The summed E-state index contributed by atoms with van der Waals surface area (Å²) in [5, 5.41) is 9.37. The number of hydrogen-bond donors (Lipinski definition) is 0. The van der Waals surface area contributed by atoms with E-state index >= 15 is 0 Å². The summed E-state index contributed by atoms with van der Waals surface area (Å²) in [5.41, 5.74) is 4.09. The number of rotatable bonds is 5. The van der Waals surface area contributed by atoms with Crippen molar-refractivity contribution in [3.05, 3.63) is 64.2 Å². The Morgan fingerprint density at radius 3 is 2.15 bits per heavy atom. The second-order valence-electron chi connectivity index (χ2n) is 8.15. The molecule has 0 unspecified atom stereocenters. The molecule has 7 nitrogen and oxygen atoms in total. The molecule has 9 heteroatoms. The van der Waals surface area contributed by atoms with E-state index in [1.54, 1.807) is 17.5 Å². The van der Waals surface area contributed by atoms with Crippen LogP contribution in [0.3, 0.4) is 0 Å². The first-order valence-corrected chi connectivity index (χ1v) is 12.5. The van der Waals surface area contributed by atoms with Crippen molar-refractivity contribution in [2.75, 3.05) is 38.2 Å². The third-order valence-corrected chi connectivity index (χ3v) is 8.43. The Morgan fingerprint density at radius 1 is 0.909 bits per heavy atom. The number of methoxy groups -OCH3 is 1. The van der Waals surface area contributed by atoms with Crippen LogP contribution in [0.25, 0.3) is 11.3 Å². The van der Waals surface area contributed by atoms with Gasteiger partial charge in [0.1, 0.15) is 5.75 Å². The number of anilines is 1. The third-order valence-electron chi connectivity index (χ3n) is 6.15. The molecule has 0 radical (unpaired) electrons. The molecule has 0 N–H and O–H groups in total. The van der Waals surface area contributed by atoms with Crippen LogP contribution >= 0.6 is 11.6 Å². The van der Waals surface area contributed by atoms with E-state index in [0.29, 0.717) is 36.1 Å². The third kappa shape index (κ3) is 4.55. The lowest BCUT2D eigenvalue weighted by molar-refractivity contribution is 0.382. The molecule has 3 aromatic rings. The number of nitrogens with zero attached hydrogens (tertiary/aromatic N) is 4. The Kier molecular flexibility index (Phi) is 6.61. The van der Waals surface area contributed by atoms with Crippen LogP contribution in [0.2, 0.25) is 5.02 Å². The summed E-state index contributed by atoms with van der Waals surface area (Å²) in [7, 11) is -2.01. The molecule has 174 valence electrons. The summed E-state index contributed by atoms with van der Waals surface area (Å²) in [6, 6.07) is 13.0. The second kappa shape index (κ2) is 9.29. The lowest BCUT2D eigenvalue weighted by Crippen LogP contribution is -2.49. The van der Waals surface area contributed by atoms with Crippen LogP contribution in [0.5, 0.6) is 5.75 Å². The first kappa shape index (κ1) is 23.5. The van der Waals surface area contributed by atoms with E-state index in [9.17, 15) is 8.42 Å². The number of aromatic nitrogens is 2. The van der Waals surface area contributed by atoms with Gasteiger partial charge in [0.25, 0.3) is 0 Å². The fourth-order valence-electron chi connectivity index (χ4n) is 4.17. The number of ether oxygens (including phenoxy) is 1. The van der Waals surface area contributed by atoms with Gasteiger partial charge < -0.3 is 9.64 Å². The zero-order valence-electron chi connectivity index (χ0n) is 19.2. The molecule has 0 amide bonds. The summed E-state index contributed by atoms with van der Waals surface area (Å²) in [5.74, 6) is 1.47. The fraction of sp³-hybridized carbons (Fsp3) is 0.333. The Bertz CT molecular complexity index is 1250. The van der Waals surface area contributed by atoms with Crippen LogP contribution in [0.1, 0.15) is 16.7 Å². The van der Waals surface area contributed by atoms with Crippen molar-refractivity contribution in [3.63, 3.8) is 0 Å². The first-order valence-electron chi connectivity index (χ1n) is 10.7. The molecule has 1 aliphatic rings. The van der Waals surface area contributed by atoms with Crippen molar-refractivity contribution >= 4 is 27.4 Å². The molecular formula is C24H27ClN4O3S. The highest BCUT2D eigenvalue weighted by Crippen LogP contribution is 2.33. The molecule has 1 fully saturated rings. The molecule has 0 saturated carbocycles. The molecule has 4 rings (SSSR count). The van der Waals surface area contributed by atoms with E-state index in [-0.39, 0.29) is 0 Å². The number of benzene rings is 2. The van der Waals surface area contributed by atoms with Crippen LogP contribution in [0.4, 0.5) is 5.82 Å². The SMILES string of the molecule is COc1c(C)cc(S(=O)(=O)N2CCN(c3ccc(-c4ccc(Cl)cc4)nn3)CC2)c(C)c1C. The normalized spacial score (nSPS) is 15.0. The van der Waals surface area contributed by atoms with Gasteiger partial charge in [-0.05, 0) is 67.8 Å². The van der Waals surface area contributed by atoms with Crippen LogP contribution < -0.4 is 9.64 Å². The monoisotopic (exact) mass is 486 g/mol. The molecule has 0 atom stereocenters. The number of piperazine rings is 1. The van der Waals surface area contributed by atoms with E-state index < -0.39 is 10.0 Å². The second-order valence-corrected chi connectivity index (χ2v) is 10.5. The van der Waals surface area contributed by atoms with Crippen molar-refractivity contribution in [1.82, 2.24) is 14.5 Å². The summed E-state index contributed by atoms with van der Waals surface area (Å²) in [6.45, 7) is 7.44. The van der Waals surface area contributed by atoms with Gasteiger partial charge in [0.2, 0.25) is 10.0 Å². The van der Waals surface area contributed by atoms with E-state index in [4.69, 9.17) is 16.3 Å². The lowest BCUT2D eigenvalue weighted by Gasteiger charge is -2.34.